The zero-order valence-corrected chi connectivity index (χ0v) is 20.0. The van der Waals surface area contributed by atoms with Gasteiger partial charge in [-0.05, 0) is 50.5 Å². The van der Waals surface area contributed by atoms with E-state index in [1.54, 1.807) is 0 Å². The third-order valence-corrected chi connectivity index (χ3v) is 7.77. The molecule has 8 nitrogen and oxygen atoms in total. The summed E-state index contributed by atoms with van der Waals surface area (Å²) >= 11 is 0. The number of fused-ring (bicyclic) bond motifs is 5. The Labute approximate surface area is 190 Å². The van der Waals surface area contributed by atoms with Gasteiger partial charge in [0.1, 0.15) is 23.4 Å². The maximum atomic E-state index is 12.1. The van der Waals surface area contributed by atoms with Crippen LogP contribution in [0.2, 0.25) is 0 Å². The quantitative estimate of drug-likeness (QED) is 0.288. The second kappa shape index (κ2) is 9.05. The molecule has 1 saturated carbocycles. The highest BCUT2D eigenvalue weighted by Crippen LogP contribution is 2.58. The van der Waals surface area contributed by atoms with Gasteiger partial charge in [-0.1, -0.05) is 20.4 Å². The molecule has 0 aromatic carbocycles. The molecular formula is C24H38O8. The van der Waals surface area contributed by atoms with Gasteiger partial charge in [0.2, 0.25) is 0 Å². The summed E-state index contributed by atoms with van der Waals surface area (Å²) in [6.07, 6.45) is -0.781. The van der Waals surface area contributed by atoms with Crippen molar-refractivity contribution in [2.24, 2.45) is 23.7 Å². The molecule has 8 heteroatoms. The Morgan fingerprint density at radius 1 is 1.16 bits per heavy atom. The fourth-order valence-electron chi connectivity index (χ4n) is 6.76. The third-order valence-electron chi connectivity index (χ3n) is 7.77. The number of carbonyl (C=O) groups excluding carboxylic acids is 2. The lowest BCUT2D eigenvalue weighted by atomic mass is 9.56. The van der Waals surface area contributed by atoms with E-state index in [0.29, 0.717) is 31.3 Å². The largest absolute Gasteiger partial charge is 0.459 e. The van der Waals surface area contributed by atoms with Crippen molar-refractivity contribution >= 4 is 11.9 Å². The smallest absolute Gasteiger partial charge is 0.303 e. The lowest BCUT2D eigenvalue weighted by molar-refractivity contribution is -0.272. The summed E-state index contributed by atoms with van der Waals surface area (Å²) in [4.78, 5) is 28.9. The molecule has 2 heterocycles. The first-order valence-electron chi connectivity index (χ1n) is 11.5. The Kier molecular flexibility index (Phi) is 7.11. The van der Waals surface area contributed by atoms with Crippen LogP contribution in [0.1, 0.15) is 67.2 Å². The molecule has 2 N–H and O–H groups in total. The van der Waals surface area contributed by atoms with Gasteiger partial charge in [0.25, 0.3) is 0 Å². The van der Waals surface area contributed by atoms with Crippen LogP contribution in [0.5, 0.6) is 0 Å². The summed E-state index contributed by atoms with van der Waals surface area (Å²) in [6.45, 7) is 14.7. The standard InChI is InChI=1S/C24H38O8/c1-12(2)19-16(27)11-24(7,31-15(5)26)21-18-10-13(3)17(32-28)8-9-23(6,30-14(4)25)22(29-18)20(19)21/h12,16-22,27-28H,3,8-11H2,1-2,4-7H3/t16-,17+,18-,19+,20-,21-,22-,23-,24-/m1/s1. The summed E-state index contributed by atoms with van der Waals surface area (Å²) < 4.78 is 18.4. The molecule has 0 aromatic heterocycles. The van der Waals surface area contributed by atoms with E-state index in [1.807, 2.05) is 13.8 Å². The first kappa shape index (κ1) is 25.1. The average Bonchev–Trinajstić information content (AvgIpc) is 3.01. The van der Waals surface area contributed by atoms with Gasteiger partial charge in [-0.2, -0.15) is 0 Å². The van der Waals surface area contributed by atoms with Crippen LogP contribution in [0.4, 0.5) is 0 Å². The van der Waals surface area contributed by atoms with Crippen molar-refractivity contribution in [1.82, 2.24) is 0 Å². The fourth-order valence-corrected chi connectivity index (χ4v) is 6.76. The van der Waals surface area contributed by atoms with E-state index in [-0.39, 0.29) is 23.7 Å². The second-order valence-corrected chi connectivity index (χ2v) is 10.6. The summed E-state index contributed by atoms with van der Waals surface area (Å²) in [5, 5.41) is 20.7. The molecule has 2 bridgehead atoms. The molecule has 3 aliphatic rings. The minimum atomic E-state index is -1.02. The molecular weight excluding hydrogens is 416 g/mol. The van der Waals surface area contributed by atoms with Gasteiger partial charge >= 0.3 is 11.9 Å². The highest BCUT2D eigenvalue weighted by molar-refractivity contribution is 5.67. The van der Waals surface area contributed by atoms with Gasteiger partial charge in [-0.25, -0.2) is 4.89 Å². The summed E-state index contributed by atoms with van der Waals surface area (Å²) in [7, 11) is 0. The first-order chi connectivity index (χ1) is 14.8. The highest BCUT2D eigenvalue weighted by Gasteiger charge is 2.66. The predicted molar refractivity (Wildman–Crippen MR) is 115 cm³/mol. The Balaban J connectivity index is 2.17. The molecule has 1 aliphatic carbocycles. The normalized spacial score (nSPS) is 44.3. The van der Waals surface area contributed by atoms with Crippen LogP contribution in [0.15, 0.2) is 12.2 Å². The summed E-state index contributed by atoms with van der Waals surface area (Å²) in [6, 6.07) is 0. The topological polar surface area (TPSA) is 112 Å². The predicted octanol–water partition coefficient (Wildman–Crippen LogP) is 3.26. The van der Waals surface area contributed by atoms with Crippen LogP contribution in [0.3, 0.4) is 0 Å². The van der Waals surface area contributed by atoms with Crippen molar-refractivity contribution < 1.29 is 39.1 Å². The number of carbonyl (C=O) groups is 2. The molecule has 182 valence electrons. The van der Waals surface area contributed by atoms with Crippen LogP contribution in [0.25, 0.3) is 0 Å². The van der Waals surface area contributed by atoms with E-state index in [9.17, 15) is 20.0 Å². The number of esters is 2. The zero-order valence-electron chi connectivity index (χ0n) is 20.0. The van der Waals surface area contributed by atoms with Gasteiger partial charge in [0.15, 0.2) is 0 Å². The van der Waals surface area contributed by atoms with E-state index in [0.717, 1.165) is 0 Å². The number of aliphatic hydroxyl groups is 1. The molecule has 2 aliphatic heterocycles. The molecule has 0 radical (unpaired) electrons. The van der Waals surface area contributed by atoms with Gasteiger partial charge in [-0.3, -0.25) is 14.8 Å². The van der Waals surface area contributed by atoms with Crippen molar-refractivity contribution in [3.05, 3.63) is 12.2 Å². The second-order valence-electron chi connectivity index (χ2n) is 10.6. The van der Waals surface area contributed by atoms with Crippen molar-refractivity contribution in [1.29, 1.82) is 0 Å². The van der Waals surface area contributed by atoms with Crippen LogP contribution in [0, 0.1) is 23.7 Å². The SMILES string of the molecule is C=C1C[C@H]2O[C@H]([C@@H]3[C@@H](C(C)C)[C@H](O)C[C@@](C)(OC(C)=O)[C@@H]32)[C@](C)(OC(C)=O)CC[C@@H]1OO. The number of hydrogen-bond acceptors (Lipinski definition) is 8. The summed E-state index contributed by atoms with van der Waals surface area (Å²) in [5.41, 5.74) is -1.32. The fraction of sp³-hybridized carbons (Fsp3) is 0.833. The van der Waals surface area contributed by atoms with Crippen molar-refractivity contribution in [2.75, 3.05) is 0 Å². The van der Waals surface area contributed by atoms with E-state index in [2.05, 4.69) is 20.4 Å². The molecule has 3 rings (SSSR count). The number of hydrogen-bond donors (Lipinski definition) is 2. The average molecular weight is 455 g/mol. The van der Waals surface area contributed by atoms with Crippen LogP contribution in [-0.2, 0) is 28.7 Å². The molecule has 0 spiro atoms. The van der Waals surface area contributed by atoms with Crippen LogP contribution >= 0.6 is 0 Å². The lowest BCUT2D eigenvalue weighted by Gasteiger charge is -2.52. The highest BCUT2D eigenvalue weighted by atomic mass is 17.1. The molecule has 0 amide bonds. The molecule has 32 heavy (non-hydrogen) atoms. The Morgan fingerprint density at radius 2 is 1.75 bits per heavy atom. The summed E-state index contributed by atoms with van der Waals surface area (Å²) in [5.74, 6) is -1.32. The minimum Gasteiger partial charge on any atom is -0.459 e. The van der Waals surface area contributed by atoms with Crippen molar-refractivity contribution in [3.63, 3.8) is 0 Å². The first-order valence-corrected chi connectivity index (χ1v) is 11.5. The molecule has 3 fully saturated rings. The minimum absolute atomic E-state index is 0.130. The van der Waals surface area contributed by atoms with Crippen LogP contribution in [-0.4, -0.2) is 57.9 Å². The maximum absolute atomic E-state index is 12.1. The number of aliphatic hydroxyl groups excluding tert-OH is 1. The van der Waals surface area contributed by atoms with Gasteiger partial charge < -0.3 is 19.3 Å². The maximum Gasteiger partial charge on any atom is 0.303 e. The van der Waals surface area contributed by atoms with Gasteiger partial charge in [0, 0.05) is 32.1 Å². The van der Waals surface area contributed by atoms with E-state index >= 15 is 0 Å². The molecule has 9 atom stereocenters. The third kappa shape index (κ3) is 4.47. The van der Waals surface area contributed by atoms with E-state index < -0.39 is 47.6 Å². The monoisotopic (exact) mass is 454 g/mol. The van der Waals surface area contributed by atoms with Crippen LogP contribution < -0.4 is 0 Å². The van der Waals surface area contributed by atoms with Crippen molar-refractivity contribution in [3.8, 4) is 0 Å². The Hall–Kier alpha value is -1.48. The Bertz CT molecular complexity index is 750. The van der Waals surface area contributed by atoms with E-state index in [1.165, 1.54) is 13.8 Å². The van der Waals surface area contributed by atoms with E-state index in [4.69, 9.17) is 19.1 Å². The molecule has 0 unspecified atom stereocenters. The number of rotatable bonds is 4. The molecule has 2 saturated heterocycles. The Morgan fingerprint density at radius 3 is 2.28 bits per heavy atom. The van der Waals surface area contributed by atoms with Gasteiger partial charge in [0.05, 0.1) is 12.2 Å². The van der Waals surface area contributed by atoms with Crippen molar-refractivity contribution in [2.45, 2.75) is 103 Å². The zero-order chi connectivity index (χ0) is 24.0. The van der Waals surface area contributed by atoms with Gasteiger partial charge in [-0.15, -0.1) is 0 Å². The molecule has 0 aromatic rings. The number of ether oxygens (including phenoxy) is 3. The lowest BCUT2D eigenvalue weighted by Crippen LogP contribution is -2.60.